The number of anilines is 1. The molecule has 2 aromatic carbocycles. The molecule has 134 valence electrons. The molecule has 3 rings (SSSR count). The molecule has 0 radical (unpaired) electrons. The molecule has 3 aromatic rings. The molecular weight excluding hydrogens is 377 g/mol. The Balaban J connectivity index is 1.86. The number of benzene rings is 2. The zero-order valence-corrected chi connectivity index (χ0v) is 15.1. The highest BCUT2D eigenvalue weighted by Crippen LogP contribution is 2.23. The van der Waals surface area contributed by atoms with Crippen LogP contribution in [-0.2, 0) is 17.8 Å². The van der Waals surface area contributed by atoms with E-state index in [4.69, 9.17) is 28.3 Å². The van der Waals surface area contributed by atoms with Crippen molar-refractivity contribution in [2.45, 2.75) is 13.0 Å². The lowest BCUT2D eigenvalue weighted by Gasteiger charge is -2.09. The van der Waals surface area contributed by atoms with Gasteiger partial charge in [0, 0.05) is 12.2 Å². The number of fused-ring (bicyclic) bond motifs is 1. The summed E-state index contributed by atoms with van der Waals surface area (Å²) in [6.07, 6.45) is 2.08. The van der Waals surface area contributed by atoms with Crippen molar-refractivity contribution in [1.82, 2.24) is 9.55 Å². The first-order chi connectivity index (χ1) is 12.5. The molecule has 0 spiro atoms. The second kappa shape index (κ2) is 7.86. The van der Waals surface area contributed by atoms with E-state index in [9.17, 15) is 9.59 Å². The van der Waals surface area contributed by atoms with Crippen molar-refractivity contribution in [2.75, 3.05) is 11.9 Å². The van der Waals surface area contributed by atoms with Gasteiger partial charge in [0.05, 0.1) is 27.3 Å². The summed E-state index contributed by atoms with van der Waals surface area (Å²) < 4.78 is 1.50. The summed E-state index contributed by atoms with van der Waals surface area (Å²) >= 11 is 11.9. The maximum Gasteiger partial charge on any atom is 0.261 e. The van der Waals surface area contributed by atoms with Gasteiger partial charge < -0.3 is 10.4 Å². The van der Waals surface area contributed by atoms with E-state index in [0.717, 1.165) is 5.56 Å². The Morgan fingerprint density at radius 2 is 1.96 bits per heavy atom. The summed E-state index contributed by atoms with van der Waals surface area (Å²) in [6.45, 7) is -0.202. The van der Waals surface area contributed by atoms with Gasteiger partial charge in [0.2, 0.25) is 5.91 Å². The number of aryl methyl sites for hydroxylation is 2. The van der Waals surface area contributed by atoms with Crippen molar-refractivity contribution in [2.24, 2.45) is 0 Å². The molecule has 1 heterocycles. The number of hydrogen-bond donors (Lipinski definition) is 2. The van der Waals surface area contributed by atoms with Crippen LogP contribution in [0.4, 0.5) is 5.69 Å². The van der Waals surface area contributed by atoms with E-state index in [1.165, 1.54) is 10.9 Å². The molecule has 0 aliphatic rings. The number of carbonyl (C=O) groups excluding carboxylic acids is 1. The summed E-state index contributed by atoms with van der Waals surface area (Å²) in [6, 6.07) is 10.2. The van der Waals surface area contributed by atoms with E-state index in [2.05, 4.69) is 10.3 Å². The molecule has 6 nitrogen and oxygen atoms in total. The smallest absolute Gasteiger partial charge is 0.261 e. The van der Waals surface area contributed by atoms with Crippen LogP contribution < -0.4 is 10.9 Å². The summed E-state index contributed by atoms with van der Waals surface area (Å²) in [4.78, 5) is 28.3. The van der Waals surface area contributed by atoms with Crippen LogP contribution in [0, 0.1) is 0 Å². The number of aliphatic hydroxyl groups excluding tert-OH is 1. The number of carbonyl (C=O) groups is 1. The Hall–Kier alpha value is -2.41. The lowest BCUT2D eigenvalue weighted by atomic mass is 10.1. The lowest BCUT2D eigenvalue weighted by Crippen LogP contribution is -2.22. The number of aromatic nitrogens is 2. The fraction of sp³-hybridized carbons (Fsp3) is 0.167. The Labute approximate surface area is 159 Å². The van der Waals surface area contributed by atoms with Gasteiger partial charge in [-0.15, -0.1) is 0 Å². The van der Waals surface area contributed by atoms with Crippen molar-refractivity contribution in [3.63, 3.8) is 0 Å². The molecule has 0 bridgehead atoms. The second-order valence-corrected chi connectivity index (χ2v) is 6.49. The number of nitrogens with zero attached hydrogens (tertiary/aromatic N) is 2. The average Bonchev–Trinajstić information content (AvgIpc) is 2.64. The fourth-order valence-corrected chi connectivity index (χ4v) is 2.86. The first-order valence-corrected chi connectivity index (χ1v) is 8.57. The van der Waals surface area contributed by atoms with Crippen LogP contribution in [-0.4, -0.2) is 27.2 Å². The van der Waals surface area contributed by atoms with Gasteiger partial charge in [0.15, 0.2) is 0 Å². The van der Waals surface area contributed by atoms with Crippen LogP contribution in [0.1, 0.15) is 5.56 Å². The van der Waals surface area contributed by atoms with Crippen molar-refractivity contribution in [1.29, 1.82) is 0 Å². The largest absolute Gasteiger partial charge is 0.387 e. The molecular formula is C18H15Cl2N3O3. The van der Waals surface area contributed by atoms with Gasteiger partial charge in [0.1, 0.15) is 6.61 Å². The first kappa shape index (κ1) is 18.4. The summed E-state index contributed by atoms with van der Waals surface area (Å²) in [5.41, 5.74) is 1.70. The van der Waals surface area contributed by atoms with Gasteiger partial charge in [-0.2, -0.15) is 0 Å². The minimum atomic E-state index is -0.626. The Morgan fingerprint density at radius 3 is 2.69 bits per heavy atom. The van der Waals surface area contributed by atoms with E-state index in [1.54, 1.807) is 30.3 Å². The predicted molar refractivity (Wildman–Crippen MR) is 102 cm³/mol. The van der Waals surface area contributed by atoms with Crippen LogP contribution in [0.25, 0.3) is 10.9 Å². The number of halogens is 2. The number of amides is 1. The third-order valence-corrected chi connectivity index (χ3v) is 4.62. The van der Waals surface area contributed by atoms with E-state index in [0.29, 0.717) is 39.6 Å². The molecule has 2 N–H and O–H groups in total. The van der Waals surface area contributed by atoms with Crippen molar-refractivity contribution >= 4 is 45.7 Å². The molecule has 0 atom stereocenters. The maximum absolute atomic E-state index is 12.7. The molecule has 0 aliphatic heterocycles. The molecule has 0 fully saturated rings. The SMILES string of the molecule is O=C(CO)Nc1ccc2ncn(CCc3ccc(Cl)c(Cl)c3)c(=O)c2c1. The van der Waals surface area contributed by atoms with Crippen LogP contribution in [0.5, 0.6) is 0 Å². The highest BCUT2D eigenvalue weighted by Gasteiger charge is 2.08. The number of rotatable bonds is 5. The maximum atomic E-state index is 12.7. The van der Waals surface area contributed by atoms with E-state index < -0.39 is 12.5 Å². The zero-order chi connectivity index (χ0) is 18.7. The molecule has 0 aliphatic carbocycles. The zero-order valence-electron chi connectivity index (χ0n) is 13.6. The van der Waals surface area contributed by atoms with Gasteiger partial charge in [-0.05, 0) is 42.3 Å². The molecule has 1 aromatic heterocycles. The van der Waals surface area contributed by atoms with Crippen LogP contribution in [0.15, 0.2) is 47.5 Å². The second-order valence-electron chi connectivity index (χ2n) is 5.68. The van der Waals surface area contributed by atoms with Gasteiger partial charge in [0.25, 0.3) is 5.56 Å². The van der Waals surface area contributed by atoms with Crippen LogP contribution in [0.3, 0.4) is 0 Å². The minimum Gasteiger partial charge on any atom is -0.387 e. The van der Waals surface area contributed by atoms with Crippen LogP contribution in [0.2, 0.25) is 10.0 Å². The van der Waals surface area contributed by atoms with Crippen LogP contribution >= 0.6 is 23.2 Å². The monoisotopic (exact) mass is 391 g/mol. The van der Waals surface area contributed by atoms with E-state index >= 15 is 0 Å². The highest BCUT2D eigenvalue weighted by molar-refractivity contribution is 6.42. The third-order valence-electron chi connectivity index (χ3n) is 3.88. The third kappa shape index (κ3) is 4.04. The Bertz CT molecular complexity index is 1030. The minimum absolute atomic E-state index is 0.213. The summed E-state index contributed by atoms with van der Waals surface area (Å²) in [7, 11) is 0. The number of hydrogen-bond acceptors (Lipinski definition) is 4. The highest BCUT2D eigenvalue weighted by atomic mass is 35.5. The predicted octanol–water partition coefficient (Wildman–Crippen LogP) is 2.88. The topological polar surface area (TPSA) is 84.2 Å². The van der Waals surface area contributed by atoms with Crippen molar-refractivity contribution in [3.8, 4) is 0 Å². The van der Waals surface area contributed by atoms with Gasteiger partial charge in [-0.25, -0.2) is 4.98 Å². The molecule has 8 heteroatoms. The normalized spacial score (nSPS) is 10.9. The number of nitrogens with one attached hydrogen (secondary N) is 1. The summed E-state index contributed by atoms with van der Waals surface area (Å²) in [5, 5.41) is 12.7. The van der Waals surface area contributed by atoms with Gasteiger partial charge >= 0.3 is 0 Å². The number of aliphatic hydroxyl groups is 1. The van der Waals surface area contributed by atoms with Gasteiger partial charge in [-0.3, -0.25) is 14.2 Å². The van der Waals surface area contributed by atoms with E-state index in [-0.39, 0.29) is 5.56 Å². The quantitative estimate of drug-likeness (QED) is 0.700. The van der Waals surface area contributed by atoms with Crippen molar-refractivity contribution in [3.05, 3.63) is 68.7 Å². The first-order valence-electron chi connectivity index (χ1n) is 7.82. The summed E-state index contributed by atoms with van der Waals surface area (Å²) in [5.74, 6) is -0.548. The Kier molecular flexibility index (Phi) is 5.56. The molecule has 26 heavy (non-hydrogen) atoms. The van der Waals surface area contributed by atoms with Crippen molar-refractivity contribution < 1.29 is 9.90 Å². The molecule has 0 saturated carbocycles. The molecule has 0 saturated heterocycles. The average molecular weight is 392 g/mol. The molecule has 0 unspecified atom stereocenters. The van der Waals surface area contributed by atoms with E-state index in [1.807, 2.05) is 6.07 Å². The standard InChI is InChI=1S/C18H15Cl2N3O3/c19-14-3-1-11(7-15(14)20)5-6-23-10-21-16-4-2-12(22-17(25)9-24)8-13(16)18(23)26/h1-4,7-8,10,24H,5-6,9H2,(H,22,25). The molecule has 1 amide bonds. The van der Waals surface area contributed by atoms with Gasteiger partial charge in [-0.1, -0.05) is 29.3 Å². The lowest BCUT2D eigenvalue weighted by molar-refractivity contribution is -0.118. The fourth-order valence-electron chi connectivity index (χ4n) is 2.54. The Morgan fingerprint density at radius 1 is 1.15 bits per heavy atom.